The third-order valence-corrected chi connectivity index (χ3v) is 11.2. The Balaban J connectivity index is 1.01. The molecule has 0 aromatic heterocycles. The Bertz CT molecular complexity index is 2720. The van der Waals surface area contributed by atoms with Crippen molar-refractivity contribution in [2.45, 2.75) is 5.41 Å². The molecule has 0 heterocycles. The summed E-state index contributed by atoms with van der Waals surface area (Å²) in [5.74, 6) is 0. The zero-order valence-corrected chi connectivity index (χ0v) is 29.3. The normalized spacial score (nSPS) is 12.7. The van der Waals surface area contributed by atoms with Gasteiger partial charge in [-0.25, -0.2) is 0 Å². The van der Waals surface area contributed by atoms with E-state index in [1.807, 2.05) is 0 Å². The zero-order chi connectivity index (χ0) is 35.2. The standard InChI is InChI=1S/C53H36/c1-3-19-47(20-4-1)53(48-21-5-2-6-22-48)51-24-10-9-23-49(51)50-32-31-46(36-52(50)53)44-18-12-16-42(34-44)39-27-25-38(26-28-39)41-15-11-17-43(33-41)45-30-29-37-13-7-8-14-40(37)35-45/h1-36H. The minimum absolute atomic E-state index is 0.413. The quantitative estimate of drug-likeness (QED) is 0.165. The summed E-state index contributed by atoms with van der Waals surface area (Å²) in [7, 11) is 0. The molecular formula is C53H36. The second kappa shape index (κ2) is 12.8. The molecule has 0 radical (unpaired) electrons. The van der Waals surface area contributed by atoms with Crippen molar-refractivity contribution in [3.05, 3.63) is 241 Å². The van der Waals surface area contributed by atoms with Crippen LogP contribution in [0.15, 0.2) is 218 Å². The van der Waals surface area contributed by atoms with Crippen molar-refractivity contribution in [3.63, 3.8) is 0 Å². The molecule has 0 bridgehead atoms. The van der Waals surface area contributed by atoms with Crippen molar-refractivity contribution in [2.75, 3.05) is 0 Å². The molecule has 0 nitrogen and oxygen atoms in total. The lowest BCUT2D eigenvalue weighted by Gasteiger charge is -2.34. The minimum Gasteiger partial charge on any atom is -0.0622 e. The molecule has 248 valence electrons. The molecule has 0 atom stereocenters. The molecule has 0 saturated carbocycles. The van der Waals surface area contributed by atoms with Gasteiger partial charge in [0.25, 0.3) is 0 Å². The summed E-state index contributed by atoms with van der Waals surface area (Å²) in [6.07, 6.45) is 0. The molecule has 1 aliphatic carbocycles. The Morgan fingerprint density at radius 1 is 0.226 bits per heavy atom. The first-order valence-electron chi connectivity index (χ1n) is 18.4. The zero-order valence-electron chi connectivity index (χ0n) is 29.3. The van der Waals surface area contributed by atoms with Gasteiger partial charge in [-0.2, -0.15) is 0 Å². The van der Waals surface area contributed by atoms with Crippen LogP contribution in [0.3, 0.4) is 0 Å². The molecule has 0 amide bonds. The summed E-state index contributed by atoms with van der Waals surface area (Å²) in [4.78, 5) is 0. The lowest BCUT2D eigenvalue weighted by atomic mass is 9.67. The molecule has 0 spiro atoms. The monoisotopic (exact) mass is 672 g/mol. The molecule has 9 aromatic carbocycles. The lowest BCUT2D eigenvalue weighted by Crippen LogP contribution is -2.28. The first-order valence-corrected chi connectivity index (χ1v) is 18.4. The van der Waals surface area contributed by atoms with Crippen LogP contribution in [0.1, 0.15) is 22.3 Å². The number of benzene rings is 9. The van der Waals surface area contributed by atoms with Gasteiger partial charge in [-0.1, -0.05) is 194 Å². The van der Waals surface area contributed by atoms with E-state index in [1.165, 1.54) is 88.7 Å². The first-order chi connectivity index (χ1) is 26.3. The molecule has 9 aromatic rings. The van der Waals surface area contributed by atoms with E-state index in [4.69, 9.17) is 0 Å². The summed E-state index contributed by atoms with van der Waals surface area (Å²) in [6, 6.07) is 80.2. The molecule has 10 rings (SSSR count). The number of rotatable bonds is 6. The van der Waals surface area contributed by atoms with Crippen molar-refractivity contribution >= 4 is 10.8 Å². The van der Waals surface area contributed by atoms with E-state index in [-0.39, 0.29) is 0 Å². The predicted octanol–water partition coefficient (Wildman–Crippen LogP) is 13.9. The van der Waals surface area contributed by atoms with Crippen molar-refractivity contribution in [2.24, 2.45) is 0 Å². The van der Waals surface area contributed by atoms with Crippen molar-refractivity contribution in [1.82, 2.24) is 0 Å². The van der Waals surface area contributed by atoms with Gasteiger partial charge in [-0.3, -0.25) is 0 Å². The van der Waals surface area contributed by atoms with E-state index < -0.39 is 5.41 Å². The highest BCUT2D eigenvalue weighted by Gasteiger charge is 2.46. The first kappa shape index (κ1) is 31.0. The van der Waals surface area contributed by atoms with Crippen LogP contribution in [0, 0.1) is 0 Å². The fourth-order valence-electron chi connectivity index (χ4n) is 8.60. The van der Waals surface area contributed by atoms with E-state index >= 15 is 0 Å². The van der Waals surface area contributed by atoms with E-state index in [0.717, 1.165) is 0 Å². The van der Waals surface area contributed by atoms with Gasteiger partial charge in [-0.15, -0.1) is 0 Å². The van der Waals surface area contributed by atoms with Crippen molar-refractivity contribution < 1.29 is 0 Å². The molecule has 0 heteroatoms. The number of hydrogen-bond donors (Lipinski definition) is 0. The van der Waals surface area contributed by atoms with Crippen LogP contribution in [0.25, 0.3) is 66.4 Å². The summed E-state index contributed by atoms with van der Waals surface area (Å²) in [6.45, 7) is 0. The van der Waals surface area contributed by atoms with E-state index in [1.54, 1.807) is 0 Å². The lowest BCUT2D eigenvalue weighted by molar-refractivity contribution is 0.769. The van der Waals surface area contributed by atoms with Crippen molar-refractivity contribution in [3.8, 4) is 55.6 Å². The molecule has 0 unspecified atom stereocenters. The highest BCUT2D eigenvalue weighted by atomic mass is 14.5. The Morgan fingerprint density at radius 2 is 0.660 bits per heavy atom. The maximum absolute atomic E-state index is 2.44. The van der Waals surface area contributed by atoms with Crippen LogP contribution < -0.4 is 0 Å². The molecule has 0 fully saturated rings. The van der Waals surface area contributed by atoms with E-state index in [0.29, 0.717) is 0 Å². The highest BCUT2D eigenvalue weighted by molar-refractivity contribution is 5.90. The highest BCUT2D eigenvalue weighted by Crippen LogP contribution is 2.56. The Kier molecular flexibility index (Phi) is 7.48. The van der Waals surface area contributed by atoms with Crippen LogP contribution in [-0.2, 0) is 5.41 Å². The predicted molar refractivity (Wildman–Crippen MR) is 223 cm³/mol. The molecule has 53 heavy (non-hydrogen) atoms. The third kappa shape index (κ3) is 5.22. The average Bonchev–Trinajstić information content (AvgIpc) is 3.55. The van der Waals surface area contributed by atoms with Gasteiger partial charge in [0.2, 0.25) is 0 Å². The van der Waals surface area contributed by atoms with Crippen LogP contribution >= 0.6 is 0 Å². The SMILES string of the molecule is c1ccc(C2(c3ccccc3)c3ccccc3-c3ccc(-c4cccc(-c5ccc(-c6cccc(-c7ccc8ccccc8c7)c6)cc5)c4)cc32)cc1. The molecule has 0 N–H and O–H groups in total. The summed E-state index contributed by atoms with van der Waals surface area (Å²) in [5, 5.41) is 2.53. The van der Waals surface area contributed by atoms with Crippen molar-refractivity contribution in [1.29, 1.82) is 0 Å². The maximum Gasteiger partial charge on any atom is 0.0713 e. The van der Waals surface area contributed by atoms with Gasteiger partial charge in [0, 0.05) is 0 Å². The molecule has 0 saturated heterocycles. The fraction of sp³-hybridized carbons (Fsp3) is 0.0189. The van der Waals surface area contributed by atoms with Gasteiger partial charge in [-0.05, 0) is 113 Å². The number of fused-ring (bicyclic) bond motifs is 4. The van der Waals surface area contributed by atoms with Crippen LogP contribution in [0.5, 0.6) is 0 Å². The molecular weight excluding hydrogens is 637 g/mol. The third-order valence-electron chi connectivity index (χ3n) is 11.2. The summed E-state index contributed by atoms with van der Waals surface area (Å²) >= 11 is 0. The Labute approximate surface area is 311 Å². The molecule has 1 aliphatic rings. The van der Waals surface area contributed by atoms with Gasteiger partial charge >= 0.3 is 0 Å². The fourth-order valence-corrected chi connectivity index (χ4v) is 8.60. The smallest absolute Gasteiger partial charge is 0.0622 e. The van der Waals surface area contributed by atoms with Gasteiger partial charge in [0.1, 0.15) is 0 Å². The van der Waals surface area contributed by atoms with Gasteiger partial charge < -0.3 is 0 Å². The average molecular weight is 673 g/mol. The maximum atomic E-state index is 2.44. The Morgan fingerprint density at radius 3 is 1.28 bits per heavy atom. The van der Waals surface area contributed by atoms with Gasteiger partial charge in [0.15, 0.2) is 0 Å². The minimum atomic E-state index is -0.413. The Hall–Kier alpha value is -6.76. The second-order valence-corrected chi connectivity index (χ2v) is 14.1. The summed E-state index contributed by atoms with van der Waals surface area (Å²) in [5.41, 5.74) is 17.2. The van der Waals surface area contributed by atoms with E-state index in [2.05, 4.69) is 218 Å². The largest absolute Gasteiger partial charge is 0.0713 e. The van der Waals surface area contributed by atoms with Crippen LogP contribution in [0.4, 0.5) is 0 Å². The second-order valence-electron chi connectivity index (χ2n) is 14.1. The number of hydrogen-bond acceptors (Lipinski definition) is 0. The molecule has 0 aliphatic heterocycles. The van der Waals surface area contributed by atoms with Gasteiger partial charge in [0.05, 0.1) is 5.41 Å². The van der Waals surface area contributed by atoms with Crippen LogP contribution in [0.2, 0.25) is 0 Å². The summed E-state index contributed by atoms with van der Waals surface area (Å²) < 4.78 is 0. The van der Waals surface area contributed by atoms with Crippen LogP contribution in [-0.4, -0.2) is 0 Å². The topological polar surface area (TPSA) is 0 Å². The van der Waals surface area contributed by atoms with E-state index in [9.17, 15) is 0 Å².